The highest BCUT2D eigenvalue weighted by Gasteiger charge is 2.49. The SMILES string of the molecule is CC1=C(C=CC2=CCCC3(C)C2CCC3C(C)CCCC(C)(C)O)C(O)CCC1. The zero-order chi connectivity index (χ0) is 21.2. The predicted molar refractivity (Wildman–Crippen MR) is 123 cm³/mol. The van der Waals surface area contributed by atoms with Gasteiger partial charge in [0, 0.05) is 0 Å². The van der Waals surface area contributed by atoms with Crippen LogP contribution in [0.1, 0.15) is 98.8 Å². The molecule has 0 aromatic heterocycles. The second-order valence-corrected chi connectivity index (χ2v) is 11.1. The largest absolute Gasteiger partial charge is 0.390 e. The second kappa shape index (κ2) is 9.10. The van der Waals surface area contributed by atoms with Crippen LogP contribution in [0, 0.1) is 23.2 Å². The Kier molecular flexibility index (Phi) is 7.16. The van der Waals surface area contributed by atoms with Gasteiger partial charge in [0.05, 0.1) is 11.7 Å². The lowest BCUT2D eigenvalue weighted by atomic mass is 9.62. The van der Waals surface area contributed by atoms with E-state index in [9.17, 15) is 10.2 Å². The predicted octanol–water partition coefficient (Wildman–Crippen LogP) is 6.73. The third kappa shape index (κ3) is 5.25. The molecule has 2 heteroatoms. The average Bonchev–Trinajstić information content (AvgIpc) is 2.98. The molecule has 3 aliphatic carbocycles. The molecule has 164 valence electrons. The Morgan fingerprint density at radius 3 is 2.69 bits per heavy atom. The van der Waals surface area contributed by atoms with Gasteiger partial charge in [0.25, 0.3) is 0 Å². The fraction of sp³-hybridized carbons (Fsp3) is 0.778. The number of rotatable bonds is 7. The molecule has 0 aromatic carbocycles. The fourth-order valence-electron chi connectivity index (χ4n) is 6.62. The molecule has 3 aliphatic rings. The maximum absolute atomic E-state index is 10.4. The maximum Gasteiger partial charge on any atom is 0.0789 e. The van der Waals surface area contributed by atoms with Gasteiger partial charge in [0.1, 0.15) is 0 Å². The van der Waals surface area contributed by atoms with Crippen molar-refractivity contribution in [3.63, 3.8) is 0 Å². The molecule has 0 radical (unpaired) electrons. The molecule has 0 amide bonds. The normalized spacial score (nSPS) is 34.4. The molecule has 3 rings (SSSR count). The van der Waals surface area contributed by atoms with Gasteiger partial charge in [-0.1, -0.05) is 50.5 Å². The first-order valence-corrected chi connectivity index (χ1v) is 12.1. The first-order valence-electron chi connectivity index (χ1n) is 12.1. The van der Waals surface area contributed by atoms with E-state index in [0.29, 0.717) is 11.3 Å². The molecular formula is C27H44O2. The van der Waals surface area contributed by atoms with Gasteiger partial charge in [-0.05, 0) is 106 Å². The molecule has 2 nitrogen and oxygen atoms in total. The number of hydrogen-bond acceptors (Lipinski definition) is 2. The van der Waals surface area contributed by atoms with Gasteiger partial charge in [-0.25, -0.2) is 0 Å². The van der Waals surface area contributed by atoms with Crippen molar-refractivity contribution in [1.29, 1.82) is 0 Å². The van der Waals surface area contributed by atoms with E-state index in [1.165, 1.54) is 48.8 Å². The topological polar surface area (TPSA) is 40.5 Å². The van der Waals surface area contributed by atoms with Crippen molar-refractivity contribution in [1.82, 2.24) is 0 Å². The first kappa shape index (κ1) is 22.8. The standard InChI is InChI=1S/C27H44O2/c1-19-9-6-12-25(28)22(19)14-13-21-11-8-18-27(5)23(15-16-24(21)27)20(2)10-7-17-26(3,4)29/h11,13-14,20,23-25,28-29H,6-10,12,15-18H2,1-5H3. The minimum absolute atomic E-state index is 0.275. The van der Waals surface area contributed by atoms with Gasteiger partial charge in [-0.2, -0.15) is 0 Å². The molecular weight excluding hydrogens is 356 g/mol. The van der Waals surface area contributed by atoms with Crippen molar-refractivity contribution in [2.75, 3.05) is 0 Å². The monoisotopic (exact) mass is 400 g/mol. The van der Waals surface area contributed by atoms with E-state index in [1.807, 2.05) is 13.8 Å². The summed E-state index contributed by atoms with van der Waals surface area (Å²) >= 11 is 0. The third-order valence-corrected chi connectivity index (χ3v) is 8.35. The molecule has 5 unspecified atom stereocenters. The average molecular weight is 401 g/mol. The van der Waals surface area contributed by atoms with Crippen LogP contribution in [-0.2, 0) is 0 Å². The Balaban J connectivity index is 1.68. The summed E-state index contributed by atoms with van der Waals surface area (Å²) in [4.78, 5) is 0. The van der Waals surface area contributed by atoms with Gasteiger partial charge in [-0.3, -0.25) is 0 Å². The summed E-state index contributed by atoms with van der Waals surface area (Å²) in [5.74, 6) is 2.17. The molecule has 0 heterocycles. The van der Waals surface area contributed by atoms with Crippen LogP contribution in [0.3, 0.4) is 0 Å². The Hall–Kier alpha value is -0.860. The van der Waals surface area contributed by atoms with Crippen molar-refractivity contribution >= 4 is 0 Å². The van der Waals surface area contributed by atoms with Crippen LogP contribution in [0.4, 0.5) is 0 Å². The lowest BCUT2D eigenvalue weighted by Gasteiger charge is -2.43. The van der Waals surface area contributed by atoms with Gasteiger partial charge in [0.2, 0.25) is 0 Å². The summed E-state index contributed by atoms with van der Waals surface area (Å²) in [6, 6.07) is 0. The van der Waals surface area contributed by atoms with Gasteiger partial charge in [0.15, 0.2) is 0 Å². The lowest BCUT2D eigenvalue weighted by molar-refractivity contribution is 0.0613. The van der Waals surface area contributed by atoms with Crippen LogP contribution >= 0.6 is 0 Å². The summed E-state index contributed by atoms with van der Waals surface area (Å²) in [5, 5.41) is 20.5. The summed E-state index contributed by atoms with van der Waals surface area (Å²) in [7, 11) is 0. The maximum atomic E-state index is 10.4. The van der Waals surface area contributed by atoms with Crippen molar-refractivity contribution < 1.29 is 10.2 Å². The third-order valence-electron chi connectivity index (χ3n) is 8.35. The Bertz CT molecular complexity index is 663. The summed E-state index contributed by atoms with van der Waals surface area (Å²) in [6.45, 7) is 11.0. The van der Waals surface area contributed by atoms with Gasteiger partial charge < -0.3 is 10.2 Å². The van der Waals surface area contributed by atoms with Gasteiger partial charge in [-0.15, -0.1) is 0 Å². The summed E-state index contributed by atoms with van der Waals surface area (Å²) in [6.07, 6.45) is 18.3. The van der Waals surface area contributed by atoms with Crippen LogP contribution in [-0.4, -0.2) is 21.9 Å². The van der Waals surface area contributed by atoms with Crippen molar-refractivity contribution in [2.24, 2.45) is 23.2 Å². The fourth-order valence-corrected chi connectivity index (χ4v) is 6.62. The highest BCUT2D eigenvalue weighted by molar-refractivity contribution is 5.37. The number of aliphatic hydroxyl groups excluding tert-OH is 1. The number of allylic oxidation sites excluding steroid dienone is 4. The smallest absolute Gasteiger partial charge is 0.0789 e. The van der Waals surface area contributed by atoms with Crippen LogP contribution in [0.2, 0.25) is 0 Å². The van der Waals surface area contributed by atoms with Crippen molar-refractivity contribution in [3.05, 3.63) is 34.9 Å². The summed E-state index contributed by atoms with van der Waals surface area (Å²) < 4.78 is 0. The highest BCUT2D eigenvalue weighted by Crippen LogP contribution is 2.58. The molecule has 1 fully saturated rings. The minimum atomic E-state index is -0.538. The Morgan fingerprint density at radius 2 is 2.00 bits per heavy atom. The second-order valence-electron chi connectivity index (χ2n) is 11.1. The van der Waals surface area contributed by atoms with E-state index in [0.717, 1.165) is 43.9 Å². The molecule has 0 saturated heterocycles. The van der Waals surface area contributed by atoms with Gasteiger partial charge >= 0.3 is 0 Å². The molecule has 0 bridgehead atoms. The van der Waals surface area contributed by atoms with E-state index in [4.69, 9.17) is 0 Å². The molecule has 5 atom stereocenters. The highest BCUT2D eigenvalue weighted by atomic mass is 16.3. The summed E-state index contributed by atoms with van der Waals surface area (Å²) in [5.41, 5.74) is 3.91. The molecule has 1 saturated carbocycles. The van der Waals surface area contributed by atoms with Crippen molar-refractivity contribution in [3.8, 4) is 0 Å². The Morgan fingerprint density at radius 1 is 1.24 bits per heavy atom. The first-order chi connectivity index (χ1) is 13.6. The van der Waals surface area contributed by atoms with Crippen LogP contribution in [0.15, 0.2) is 34.9 Å². The number of hydrogen-bond donors (Lipinski definition) is 2. The molecule has 2 N–H and O–H groups in total. The van der Waals surface area contributed by atoms with Crippen LogP contribution in [0.25, 0.3) is 0 Å². The lowest BCUT2D eigenvalue weighted by Crippen LogP contribution is -2.35. The van der Waals surface area contributed by atoms with E-state index >= 15 is 0 Å². The van der Waals surface area contributed by atoms with E-state index in [-0.39, 0.29) is 6.10 Å². The molecule has 0 aliphatic heterocycles. The molecule has 0 spiro atoms. The van der Waals surface area contributed by atoms with Crippen LogP contribution < -0.4 is 0 Å². The quantitative estimate of drug-likeness (QED) is 0.497. The number of fused-ring (bicyclic) bond motifs is 1. The molecule has 0 aromatic rings. The number of aliphatic hydroxyl groups is 2. The van der Waals surface area contributed by atoms with E-state index in [2.05, 4.69) is 39.0 Å². The molecule has 29 heavy (non-hydrogen) atoms. The zero-order valence-electron chi connectivity index (χ0n) is 19.5. The zero-order valence-corrected chi connectivity index (χ0v) is 19.5. The van der Waals surface area contributed by atoms with Crippen molar-refractivity contribution in [2.45, 2.75) is 111 Å². The Labute approximate surface area is 179 Å². The van der Waals surface area contributed by atoms with E-state index in [1.54, 1.807) is 0 Å². The minimum Gasteiger partial charge on any atom is -0.390 e. The van der Waals surface area contributed by atoms with Crippen LogP contribution in [0.5, 0.6) is 0 Å². The van der Waals surface area contributed by atoms with E-state index < -0.39 is 5.60 Å².